The van der Waals surface area contributed by atoms with Crippen LogP contribution in [0.2, 0.25) is 0 Å². The quantitative estimate of drug-likeness (QED) is 0.0792. The van der Waals surface area contributed by atoms with E-state index in [4.69, 9.17) is 18.9 Å². The maximum absolute atomic E-state index is 13.6. The number of carbonyl (C=O) groups is 3. The highest BCUT2D eigenvalue weighted by atomic mass is 32.2. The summed E-state index contributed by atoms with van der Waals surface area (Å²) in [4.78, 5) is 45.1. The van der Waals surface area contributed by atoms with E-state index in [1.54, 1.807) is 80.8 Å². The molecule has 13 heteroatoms. The number of ether oxygens (including phenoxy) is 4. The van der Waals surface area contributed by atoms with Crippen molar-refractivity contribution < 1.29 is 33.3 Å². The van der Waals surface area contributed by atoms with Crippen LogP contribution in [-0.4, -0.2) is 56.4 Å². The molecule has 3 N–H and O–H groups in total. The van der Waals surface area contributed by atoms with Gasteiger partial charge in [0.15, 0.2) is 16.6 Å². The van der Waals surface area contributed by atoms with Crippen LogP contribution in [0.4, 0.5) is 10.8 Å². The number of thiazole rings is 1. The number of anilines is 2. The molecule has 11 nitrogen and oxygen atoms in total. The maximum Gasteiger partial charge on any atom is 0.272 e. The Bertz CT molecular complexity index is 2010. The summed E-state index contributed by atoms with van der Waals surface area (Å²) in [5.74, 6) is 0.646. The molecule has 1 atom stereocenters. The molecule has 0 aliphatic carbocycles. The number of benzene rings is 4. The predicted molar refractivity (Wildman–Crippen MR) is 201 cm³/mol. The van der Waals surface area contributed by atoms with Crippen molar-refractivity contribution >= 4 is 57.7 Å². The van der Waals surface area contributed by atoms with Crippen LogP contribution in [0.3, 0.4) is 0 Å². The van der Waals surface area contributed by atoms with Crippen LogP contribution in [0, 0.1) is 0 Å². The van der Waals surface area contributed by atoms with Crippen molar-refractivity contribution in [1.82, 2.24) is 10.3 Å². The molecule has 4 aromatic carbocycles. The molecular weight excluding hydrogens is 689 g/mol. The SMILES string of the molecule is COc1ccccc1-c1csc(NC(=O)C(C)Sc2ccc(NC(=O)/C(=C/c3cc(OC)c(OC)c(OC)c3)NC(=O)c3ccccc3)cc2)n1. The fraction of sp³-hybridized carbons (Fsp3) is 0.158. The second-order valence-corrected chi connectivity index (χ2v) is 13.1. The van der Waals surface area contributed by atoms with Gasteiger partial charge in [-0.3, -0.25) is 14.4 Å². The number of carbonyl (C=O) groups excluding carboxylic acids is 3. The van der Waals surface area contributed by atoms with Gasteiger partial charge in [-0.05, 0) is 79.2 Å². The number of nitrogens with zero attached hydrogens (tertiary/aromatic N) is 1. The Hall–Kier alpha value is -5.79. The van der Waals surface area contributed by atoms with Gasteiger partial charge in [-0.1, -0.05) is 30.3 Å². The molecule has 0 aliphatic heterocycles. The molecule has 5 aromatic rings. The highest BCUT2D eigenvalue weighted by molar-refractivity contribution is 8.00. The molecule has 1 unspecified atom stereocenters. The van der Waals surface area contributed by atoms with Gasteiger partial charge in [0.25, 0.3) is 11.8 Å². The van der Waals surface area contributed by atoms with Crippen LogP contribution < -0.4 is 34.9 Å². The van der Waals surface area contributed by atoms with Gasteiger partial charge >= 0.3 is 0 Å². The van der Waals surface area contributed by atoms with Crippen LogP contribution in [0.1, 0.15) is 22.8 Å². The fourth-order valence-corrected chi connectivity index (χ4v) is 6.47. The summed E-state index contributed by atoms with van der Waals surface area (Å²) in [5, 5.41) is 10.4. The molecule has 0 fully saturated rings. The maximum atomic E-state index is 13.6. The number of nitrogens with one attached hydrogen (secondary N) is 3. The number of para-hydroxylation sites is 1. The summed E-state index contributed by atoms with van der Waals surface area (Å²) in [6.07, 6.45) is 1.52. The first kappa shape index (κ1) is 36.5. The standard InChI is InChI=1S/C38H36N4O7S2/c1-23(35(43)42-38-41-30(22-50-38)28-13-9-10-14-31(28)46-2)51-27-17-15-26(16-18-27)39-37(45)29(40-36(44)25-11-7-6-8-12-25)19-24-20-32(47-3)34(49-5)33(21-24)48-4/h6-23H,1-5H3,(H,39,45)(H,40,44)(H,41,42,43)/b29-19-. The number of hydrogen-bond donors (Lipinski definition) is 3. The Morgan fingerprint density at radius 3 is 2.08 bits per heavy atom. The number of aromatic nitrogens is 1. The van der Waals surface area contributed by atoms with Crippen molar-refractivity contribution in [3.05, 3.63) is 113 Å². The summed E-state index contributed by atoms with van der Waals surface area (Å²) in [6, 6.07) is 26.5. The first-order chi connectivity index (χ1) is 24.7. The predicted octanol–water partition coefficient (Wildman–Crippen LogP) is 7.37. The average Bonchev–Trinajstić information content (AvgIpc) is 3.63. The Labute approximate surface area is 304 Å². The van der Waals surface area contributed by atoms with Crippen LogP contribution in [0.25, 0.3) is 17.3 Å². The number of rotatable bonds is 14. The second kappa shape index (κ2) is 17.2. The molecular formula is C38H36N4O7S2. The van der Waals surface area contributed by atoms with Crippen molar-refractivity contribution in [3.8, 4) is 34.3 Å². The topological polar surface area (TPSA) is 137 Å². The van der Waals surface area contributed by atoms with E-state index in [1.807, 2.05) is 29.6 Å². The van der Waals surface area contributed by atoms with Crippen molar-refractivity contribution in [2.75, 3.05) is 39.1 Å². The van der Waals surface area contributed by atoms with Gasteiger partial charge in [0, 0.05) is 27.1 Å². The molecule has 0 spiro atoms. The molecule has 5 rings (SSSR count). The van der Waals surface area contributed by atoms with Gasteiger partial charge in [-0.15, -0.1) is 23.1 Å². The van der Waals surface area contributed by atoms with Gasteiger partial charge in [-0.25, -0.2) is 4.98 Å². The van der Waals surface area contributed by atoms with Crippen LogP contribution in [-0.2, 0) is 9.59 Å². The lowest BCUT2D eigenvalue weighted by atomic mass is 10.1. The Morgan fingerprint density at radius 2 is 1.43 bits per heavy atom. The van der Waals surface area contributed by atoms with Gasteiger partial charge < -0.3 is 34.9 Å². The lowest BCUT2D eigenvalue weighted by molar-refractivity contribution is -0.115. The van der Waals surface area contributed by atoms with Crippen LogP contribution >= 0.6 is 23.1 Å². The molecule has 0 radical (unpaired) electrons. The van der Waals surface area contributed by atoms with Crippen LogP contribution in [0.5, 0.6) is 23.0 Å². The summed E-state index contributed by atoms with van der Waals surface area (Å²) < 4.78 is 21.8. The molecule has 262 valence electrons. The van der Waals surface area contributed by atoms with E-state index in [1.165, 1.54) is 50.5 Å². The van der Waals surface area contributed by atoms with Crippen molar-refractivity contribution in [1.29, 1.82) is 0 Å². The third kappa shape index (κ3) is 9.26. The molecule has 3 amide bonds. The number of hydrogen-bond acceptors (Lipinski definition) is 10. The zero-order chi connectivity index (χ0) is 36.3. The second-order valence-electron chi connectivity index (χ2n) is 10.8. The number of thioether (sulfide) groups is 1. The van der Waals surface area contributed by atoms with E-state index >= 15 is 0 Å². The summed E-state index contributed by atoms with van der Waals surface area (Å²) >= 11 is 2.70. The largest absolute Gasteiger partial charge is 0.496 e. The van der Waals surface area contributed by atoms with Crippen molar-refractivity contribution in [2.24, 2.45) is 0 Å². The normalized spacial score (nSPS) is 11.6. The number of methoxy groups -OCH3 is 4. The highest BCUT2D eigenvalue weighted by Gasteiger charge is 2.20. The average molecular weight is 725 g/mol. The zero-order valence-corrected chi connectivity index (χ0v) is 30.1. The van der Waals surface area contributed by atoms with Gasteiger partial charge in [0.05, 0.1) is 39.4 Å². The van der Waals surface area contributed by atoms with Crippen LogP contribution in [0.15, 0.2) is 107 Å². The lowest BCUT2D eigenvalue weighted by Crippen LogP contribution is -2.30. The van der Waals surface area contributed by atoms with Gasteiger partial charge in [-0.2, -0.15) is 0 Å². The van der Waals surface area contributed by atoms with Gasteiger partial charge in [0.2, 0.25) is 11.7 Å². The minimum Gasteiger partial charge on any atom is -0.496 e. The lowest BCUT2D eigenvalue weighted by Gasteiger charge is -2.15. The van der Waals surface area contributed by atoms with Crippen molar-refractivity contribution in [3.63, 3.8) is 0 Å². The first-order valence-corrected chi connectivity index (χ1v) is 17.3. The summed E-state index contributed by atoms with van der Waals surface area (Å²) in [5.41, 5.74) is 2.93. The third-order valence-corrected chi connectivity index (χ3v) is 9.31. The minimum atomic E-state index is -0.558. The molecule has 1 heterocycles. The van der Waals surface area contributed by atoms with E-state index in [0.717, 1.165) is 10.5 Å². The Balaban J connectivity index is 1.27. The molecule has 1 aromatic heterocycles. The van der Waals surface area contributed by atoms with E-state index in [-0.39, 0.29) is 11.6 Å². The van der Waals surface area contributed by atoms with Crippen molar-refractivity contribution in [2.45, 2.75) is 17.1 Å². The van der Waals surface area contributed by atoms with E-state index in [9.17, 15) is 14.4 Å². The fourth-order valence-electron chi connectivity index (χ4n) is 4.88. The highest BCUT2D eigenvalue weighted by Crippen LogP contribution is 2.39. The smallest absolute Gasteiger partial charge is 0.272 e. The van der Waals surface area contributed by atoms with E-state index < -0.39 is 17.1 Å². The summed E-state index contributed by atoms with van der Waals surface area (Å²) in [7, 11) is 6.08. The third-order valence-electron chi connectivity index (χ3n) is 7.44. The number of amides is 3. The minimum absolute atomic E-state index is 0.0158. The zero-order valence-electron chi connectivity index (χ0n) is 28.5. The molecule has 0 bridgehead atoms. The van der Waals surface area contributed by atoms with Gasteiger partial charge in [0.1, 0.15) is 11.4 Å². The summed E-state index contributed by atoms with van der Waals surface area (Å²) in [6.45, 7) is 1.81. The Morgan fingerprint density at radius 1 is 0.784 bits per heavy atom. The first-order valence-electron chi connectivity index (χ1n) is 15.6. The molecule has 0 saturated carbocycles. The molecule has 0 saturated heterocycles. The molecule has 51 heavy (non-hydrogen) atoms. The van der Waals surface area contributed by atoms with E-state index in [2.05, 4.69) is 20.9 Å². The molecule has 0 aliphatic rings. The Kier molecular flexibility index (Phi) is 12.3. The van der Waals surface area contributed by atoms with E-state index in [0.29, 0.717) is 50.6 Å². The monoisotopic (exact) mass is 724 g/mol.